The van der Waals surface area contributed by atoms with Gasteiger partial charge in [-0.05, 0) is 80.9 Å². The van der Waals surface area contributed by atoms with Gasteiger partial charge in [0.05, 0.1) is 18.4 Å². The Kier molecular flexibility index (Phi) is 7.60. The van der Waals surface area contributed by atoms with E-state index in [9.17, 15) is 24.3 Å². The van der Waals surface area contributed by atoms with Gasteiger partial charge in [0, 0.05) is 56.5 Å². The van der Waals surface area contributed by atoms with Gasteiger partial charge in [0.25, 0.3) is 0 Å². The monoisotopic (exact) mass is 640 g/mol. The van der Waals surface area contributed by atoms with Crippen LogP contribution in [0.5, 0.6) is 0 Å². The lowest BCUT2D eigenvalue weighted by molar-refractivity contribution is -0.214. The number of ether oxygens (including phenoxy) is 2. The molecule has 4 aliphatic carbocycles. The number of urea groups is 1. The molecule has 10 atom stereocenters. The molecule has 1 aromatic heterocycles. The molecule has 12 nitrogen and oxygen atoms in total. The predicted octanol–water partition coefficient (Wildman–Crippen LogP) is 2.00. The van der Waals surface area contributed by atoms with Crippen molar-refractivity contribution < 1.29 is 33.4 Å². The lowest BCUT2D eigenvalue weighted by atomic mass is 9.42. The smallest absolute Gasteiger partial charge is 0.335 e. The van der Waals surface area contributed by atoms with E-state index in [1.807, 2.05) is 11.9 Å². The van der Waals surface area contributed by atoms with Crippen molar-refractivity contribution in [1.29, 1.82) is 0 Å². The molecular weight excluding hydrogens is 592 g/mol. The van der Waals surface area contributed by atoms with Crippen LogP contribution < -0.4 is 16.3 Å². The fourth-order valence-corrected chi connectivity index (χ4v) is 10.8. The van der Waals surface area contributed by atoms with Crippen molar-refractivity contribution in [3.05, 3.63) is 34.4 Å². The van der Waals surface area contributed by atoms with Crippen LogP contribution in [0.15, 0.2) is 27.6 Å². The van der Waals surface area contributed by atoms with Crippen LogP contribution in [0.2, 0.25) is 0 Å². The van der Waals surface area contributed by atoms with Gasteiger partial charge in [-0.2, -0.15) is 0 Å². The van der Waals surface area contributed by atoms with Crippen molar-refractivity contribution >= 4 is 17.9 Å². The number of carbonyl (C=O) groups excluding carboxylic acids is 3. The highest BCUT2D eigenvalue weighted by Gasteiger charge is 2.85. The minimum absolute atomic E-state index is 0.0780. The quantitative estimate of drug-likeness (QED) is 0.313. The van der Waals surface area contributed by atoms with Crippen molar-refractivity contribution in [2.45, 2.75) is 101 Å². The van der Waals surface area contributed by atoms with Gasteiger partial charge in [-0.1, -0.05) is 13.8 Å². The summed E-state index contributed by atoms with van der Waals surface area (Å²) in [5.41, 5.74) is -1.67. The minimum Gasteiger partial charge on any atom is -0.459 e. The summed E-state index contributed by atoms with van der Waals surface area (Å²) < 4.78 is 17.9. The van der Waals surface area contributed by atoms with Gasteiger partial charge in [-0.15, -0.1) is 0 Å². The molecule has 6 fully saturated rings. The number of hydrogen-bond donors (Lipinski definition) is 3. The molecule has 1 spiro atoms. The molecule has 0 unspecified atom stereocenters. The summed E-state index contributed by atoms with van der Waals surface area (Å²) in [5.74, 6) is -0.0447. The molecule has 3 heterocycles. The van der Waals surface area contributed by atoms with Crippen LogP contribution >= 0.6 is 0 Å². The zero-order valence-corrected chi connectivity index (χ0v) is 27.4. The number of carbonyl (C=O) groups is 3. The van der Waals surface area contributed by atoms with Crippen molar-refractivity contribution in [1.82, 2.24) is 20.4 Å². The zero-order chi connectivity index (χ0) is 32.6. The van der Waals surface area contributed by atoms with Crippen LogP contribution in [0.3, 0.4) is 0 Å². The first-order valence-corrected chi connectivity index (χ1v) is 17.0. The summed E-state index contributed by atoms with van der Waals surface area (Å²) in [4.78, 5) is 52.9. The van der Waals surface area contributed by atoms with Crippen molar-refractivity contribution in [2.75, 3.05) is 39.8 Å². The lowest BCUT2D eigenvalue weighted by Crippen LogP contribution is -2.66. The fraction of sp³-hybridized carbons (Fsp3) is 0.765. The first kappa shape index (κ1) is 31.6. The van der Waals surface area contributed by atoms with E-state index >= 15 is 0 Å². The third-order valence-corrected chi connectivity index (χ3v) is 13.1. The number of amides is 3. The maximum absolute atomic E-state index is 12.8. The number of fused-ring (bicyclic) bond motifs is 3. The first-order valence-electron chi connectivity index (χ1n) is 17.0. The summed E-state index contributed by atoms with van der Waals surface area (Å²) in [6, 6.07) is 2.81. The normalized spacial score (nSPS) is 43.1. The number of rotatable bonds is 6. The van der Waals surface area contributed by atoms with Crippen molar-refractivity contribution in [2.24, 2.45) is 22.7 Å². The van der Waals surface area contributed by atoms with Gasteiger partial charge < -0.3 is 34.5 Å². The molecule has 7 rings (SSSR count). The summed E-state index contributed by atoms with van der Waals surface area (Å²) in [6.07, 6.45) is 5.95. The van der Waals surface area contributed by atoms with Gasteiger partial charge >= 0.3 is 17.6 Å². The molecule has 0 radical (unpaired) electrons. The summed E-state index contributed by atoms with van der Waals surface area (Å²) in [5, 5.41) is 18.3. The fourth-order valence-electron chi connectivity index (χ4n) is 10.8. The van der Waals surface area contributed by atoms with E-state index in [0.717, 1.165) is 44.2 Å². The van der Waals surface area contributed by atoms with Gasteiger partial charge in [0.1, 0.15) is 17.8 Å². The second kappa shape index (κ2) is 11.1. The molecular formula is C34H48N4O8. The molecule has 1 aromatic rings. The molecule has 2 saturated heterocycles. The molecule has 3 N–H and O–H groups in total. The van der Waals surface area contributed by atoms with Crippen molar-refractivity contribution in [3.8, 4) is 0 Å². The largest absolute Gasteiger partial charge is 0.459 e. The van der Waals surface area contributed by atoms with Crippen LogP contribution in [0.25, 0.3) is 0 Å². The molecule has 3 amide bonds. The predicted molar refractivity (Wildman–Crippen MR) is 166 cm³/mol. The molecule has 0 aromatic carbocycles. The molecule has 252 valence electrons. The molecule has 6 aliphatic rings. The van der Waals surface area contributed by atoms with E-state index in [2.05, 4.69) is 24.5 Å². The van der Waals surface area contributed by atoms with E-state index in [4.69, 9.17) is 13.9 Å². The summed E-state index contributed by atoms with van der Waals surface area (Å²) in [7, 11) is 1.93. The number of likely N-dealkylation sites (N-methyl/N-ethyl adjacent to an activating group) is 1. The average Bonchev–Trinajstić information content (AvgIpc) is 3.69. The highest BCUT2D eigenvalue weighted by atomic mass is 16.7. The van der Waals surface area contributed by atoms with Gasteiger partial charge in [-0.3, -0.25) is 14.5 Å². The van der Waals surface area contributed by atoms with E-state index < -0.39 is 22.9 Å². The van der Waals surface area contributed by atoms with Crippen LogP contribution in [-0.2, 0) is 19.1 Å². The second-order valence-electron chi connectivity index (χ2n) is 15.4. The Balaban J connectivity index is 1.04. The lowest BCUT2D eigenvalue weighted by Gasteiger charge is -2.64. The maximum Gasteiger partial charge on any atom is 0.335 e. The minimum atomic E-state index is -0.929. The highest BCUT2D eigenvalue weighted by molar-refractivity contribution is 5.79. The van der Waals surface area contributed by atoms with Crippen molar-refractivity contribution in [3.63, 3.8) is 0 Å². The topological polar surface area (TPSA) is 154 Å². The highest BCUT2D eigenvalue weighted by Crippen LogP contribution is 2.78. The van der Waals surface area contributed by atoms with Crippen LogP contribution in [0.4, 0.5) is 4.79 Å². The van der Waals surface area contributed by atoms with Gasteiger partial charge in [0.2, 0.25) is 5.91 Å². The van der Waals surface area contributed by atoms with E-state index in [1.54, 1.807) is 11.0 Å². The molecule has 12 heteroatoms. The summed E-state index contributed by atoms with van der Waals surface area (Å²) >= 11 is 0. The number of nitrogens with zero attached hydrogens (tertiary/aromatic N) is 2. The Bertz CT molecular complexity index is 1450. The number of esters is 1. The standard InChI is InChI=1S/C34H48N4O8/c1-20(39)45-28-27(21-5-6-26(41)44-19-21)32(3)11-8-23-24(34(32)29(28)46-34)9-12-33(43)17-22(7-10-31(23,33)2)36-30(42)35-13-14-38-16-15-37(4)18-25(38)40/h5-6,19,22-24,27-29,43H,7-18H2,1-4H3,(H2,35,36,42)/t22-,23-,24+,27-,28+,29+,31+,32+,33-,34+/m0/s1. The van der Waals surface area contributed by atoms with Crippen LogP contribution in [0, 0.1) is 22.7 Å². The third kappa shape index (κ3) is 4.72. The molecule has 0 bridgehead atoms. The van der Waals surface area contributed by atoms with Crippen LogP contribution in [-0.4, -0.2) is 102 Å². The first-order chi connectivity index (χ1) is 21.8. The average molecular weight is 641 g/mol. The zero-order valence-electron chi connectivity index (χ0n) is 27.4. The number of aliphatic hydroxyl groups is 1. The van der Waals surface area contributed by atoms with E-state index in [0.29, 0.717) is 39.0 Å². The number of nitrogens with one attached hydrogen (secondary N) is 2. The molecule has 46 heavy (non-hydrogen) atoms. The Hall–Kier alpha value is -2.96. The van der Waals surface area contributed by atoms with Crippen LogP contribution in [0.1, 0.15) is 77.2 Å². The number of piperazine rings is 1. The number of hydrogen-bond acceptors (Lipinski definition) is 9. The third-order valence-electron chi connectivity index (χ3n) is 13.1. The maximum atomic E-state index is 12.8. The molecule has 2 aliphatic heterocycles. The van der Waals surface area contributed by atoms with E-state index in [1.165, 1.54) is 19.3 Å². The number of epoxide rings is 1. The summed E-state index contributed by atoms with van der Waals surface area (Å²) in [6.45, 7) is 8.65. The Morgan fingerprint density at radius 1 is 1.07 bits per heavy atom. The Morgan fingerprint density at radius 2 is 1.83 bits per heavy atom. The SMILES string of the molecule is CC(=O)O[C@H]1[C@H]2O[C@]23[C@@H]2CC[C@]4(O)C[C@@H](NC(=O)NCCN5CCN(C)CC5=O)CC[C@]4(C)[C@H]2CC[C@]3(C)[C@H]1c1ccc(=O)oc1. The second-order valence-corrected chi connectivity index (χ2v) is 15.4. The Morgan fingerprint density at radius 3 is 2.54 bits per heavy atom. The van der Waals surface area contributed by atoms with Gasteiger partial charge in [-0.25, -0.2) is 9.59 Å². The Labute approximate surface area is 269 Å². The van der Waals surface area contributed by atoms with E-state index in [-0.39, 0.29) is 58.6 Å². The van der Waals surface area contributed by atoms with Gasteiger partial charge in [0.15, 0.2) is 0 Å². The molecule has 4 saturated carbocycles.